The highest BCUT2D eigenvalue weighted by molar-refractivity contribution is 7.29. The van der Waals surface area contributed by atoms with Crippen LogP contribution in [0.3, 0.4) is 0 Å². The molecule has 0 aliphatic heterocycles. The first-order valence-electron chi connectivity index (χ1n) is 7.20. The average molecular weight is 361 g/mol. The lowest BCUT2D eigenvalue weighted by Gasteiger charge is -1.88. The Morgan fingerprint density at radius 2 is 1.05 bits per heavy atom. The molecule has 0 unspecified atom stereocenters. The summed E-state index contributed by atoms with van der Waals surface area (Å²) in [7, 11) is 0. The SMILES string of the molecule is Cc1sc2cc(/C=C/c3cc4sc(C)c(C)c4s3)sc2c1C. The van der Waals surface area contributed by atoms with Gasteiger partial charge < -0.3 is 0 Å². The number of thiophene rings is 4. The summed E-state index contributed by atoms with van der Waals surface area (Å²) in [6, 6.07) is 4.65. The Hall–Kier alpha value is -0.940. The van der Waals surface area contributed by atoms with Crippen LogP contribution in [0.25, 0.3) is 31.0 Å². The zero-order valence-electron chi connectivity index (χ0n) is 12.9. The molecule has 0 aromatic carbocycles. The van der Waals surface area contributed by atoms with Crippen molar-refractivity contribution in [2.24, 2.45) is 0 Å². The molecule has 0 aliphatic rings. The standard InChI is InChI=1S/C18H16S4/c1-9-11(3)19-15-7-13(21-17(9)15)5-6-14-8-16-18(22-14)10(2)12(4)20-16/h5-8H,1-4H3/b6-5+. The minimum Gasteiger partial charge on any atom is -0.139 e. The normalized spacial score (nSPS) is 12.4. The Bertz CT molecular complexity index is 934. The Morgan fingerprint density at radius 3 is 1.41 bits per heavy atom. The second kappa shape index (κ2) is 5.31. The summed E-state index contributed by atoms with van der Waals surface area (Å²) >= 11 is 7.64. The summed E-state index contributed by atoms with van der Waals surface area (Å²) < 4.78 is 5.78. The molecule has 0 fully saturated rings. The van der Waals surface area contributed by atoms with Gasteiger partial charge in [-0.05, 0) is 63.1 Å². The summed E-state index contributed by atoms with van der Waals surface area (Å²) in [4.78, 5) is 5.60. The maximum atomic E-state index is 2.33. The number of fused-ring (bicyclic) bond motifs is 2. The molecule has 0 amide bonds. The lowest BCUT2D eigenvalue weighted by molar-refractivity contribution is 1.48. The molecule has 0 spiro atoms. The van der Waals surface area contributed by atoms with E-state index in [0.29, 0.717) is 0 Å². The van der Waals surface area contributed by atoms with Gasteiger partial charge in [-0.15, -0.1) is 45.3 Å². The molecule has 0 saturated heterocycles. The maximum Gasteiger partial charge on any atom is 0.0488 e. The van der Waals surface area contributed by atoms with Crippen molar-refractivity contribution in [2.75, 3.05) is 0 Å². The monoisotopic (exact) mass is 360 g/mol. The molecule has 0 radical (unpaired) electrons. The molecule has 4 aromatic heterocycles. The smallest absolute Gasteiger partial charge is 0.0488 e. The molecule has 0 aliphatic carbocycles. The summed E-state index contributed by atoms with van der Waals surface area (Å²) in [5, 5.41) is 0. The second-order valence-corrected chi connectivity index (χ2v) is 10.3. The van der Waals surface area contributed by atoms with Crippen molar-refractivity contribution in [1.29, 1.82) is 0 Å². The van der Waals surface area contributed by atoms with Crippen LogP contribution in [-0.2, 0) is 0 Å². The van der Waals surface area contributed by atoms with Gasteiger partial charge in [-0.1, -0.05) is 0 Å². The first kappa shape index (κ1) is 14.6. The zero-order valence-corrected chi connectivity index (χ0v) is 16.2. The van der Waals surface area contributed by atoms with Crippen molar-refractivity contribution >= 4 is 76.3 Å². The van der Waals surface area contributed by atoms with E-state index in [1.54, 1.807) is 0 Å². The lowest BCUT2D eigenvalue weighted by atomic mass is 10.3. The van der Waals surface area contributed by atoms with Gasteiger partial charge in [0, 0.05) is 38.3 Å². The van der Waals surface area contributed by atoms with Gasteiger partial charge in [-0.2, -0.15) is 0 Å². The minimum atomic E-state index is 1.36. The van der Waals surface area contributed by atoms with E-state index in [1.807, 2.05) is 45.3 Å². The van der Waals surface area contributed by atoms with Gasteiger partial charge in [0.2, 0.25) is 0 Å². The Balaban J connectivity index is 1.68. The highest BCUT2D eigenvalue weighted by Crippen LogP contribution is 2.39. The van der Waals surface area contributed by atoms with E-state index in [-0.39, 0.29) is 0 Å². The van der Waals surface area contributed by atoms with Crippen LogP contribution in [0.2, 0.25) is 0 Å². The number of hydrogen-bond donors (Lipinski definition) is 0. The van der Waals surface area contributed by atoms with Crippen LogP contribution in [0.5, 0.6) is 0 Å². The van der Waals surface area contributed by atoms with E-state index < -0.39 is 0 Å². The topological polar surface area (TPSA) is 0 Å². The van der Waals surface area contributed by atoms with Gasteiger partial charge in [-0.25, -0.2) is 0 Å². The van der Waals surface area contributed by atoms with Gasteiger partial charge in [0.15, 0.2) is 0 Å². The van der Waals surface area contributed by atoms with E-state index >= 15 is 0 Å². The largest absolute Gasteiger partial charge is 0.139 e. The lowest BCUT2D eigenvalue weighted by Crippen LogP contribution is -1.65. The summed E-state index contributed by atoms with van der Waals surface area (Å²) in [6.07, 6.45) is 4.54. The fourth-order valence-corrected chi connectivity index (χ4v) is 7.43. The van der Waals surface area contributed by atoms with Gasteiger partial charge in [0.25, 0.3) is 0 Å². The highest BCUT2D eigenvalue weighted by atomic mass is 32.1. The predicted octanol–water partition coefficient (Wildman–Crippen LogP) is 7.64. The van der Waals surface area contributed by atoms with Crippen LogP contribution in [-0.4, -0.2) is 0 Å². The van der Waals surface area contributed by atoms with Gasteiger partial charge in [-0.3, -0.25) is 0 Å². The third-order valence-electron chi connectivity index (χ3n) is 4.11. The van der Waals surface area contributed by atoms with E-state index in [2.05, 4.69) is 52.0 Å². The highest BCUT2D eigenvalue weighted by Gasteiger charge is 2.10. The van der Waals surface area contributed by atoms with Gasteiger partial charge in [0.05, 0.1) is 0 Å². The van der Waals surface area contributed by atoms with Crippen LogP contribution in [0.4, 0.5) is 0 Å². The maximum absolute atomic E-state index is 2.33. The van der Waals surface area contributed by atoms with Crippen molar-refractivity contribution in [3.05, 3.63) is 42.8 Å². The van der Waals surface area contributed by atoms with Crippen LogP contribution >= 0.6 is 45.3 Å². The van der Waals surface area contributed by atoms with E-state index in [0.717, 1.165) is 0 Å². The van der Waals surface area contributed by atoms with Gasteiger partial charge in [0.1, 0.15) is 0 Å². The Kier molecular flexibility index (Phi) is 3.53. The molecular formula is C18H16S4. The average Bonchev–Trinajstić information content (AvgIpc) is 3.17. The quantitative estimate of drug-likeness (QED) is 0.344. The molecule has 4 heteroatoms. The number of aryl methyl sites for hydroxylation is 4. The molecule has 4 heterocycles. The van der Waals surface area contributed by atoms with Gasteiger partial charge >= 0.3 is 0 Å². The van der Waals surface area contributed by atoms with E-state index in [4.69, 9.17) is 0 Å². The first-order chi connectivity index (χ1) is 10.5. The van der Waals surface area contributed by atoms with Crippen molar-refractivity contribution < 1.29 is 0 Å². The summed E-state index contributed by atoms with van der Waals surface area (Å²) in [5.41, 5.74) is 2.90. The predicted molar refractivity (Wildman–Crippen MR) is 107 cm³/mol. The molecular weight excluding hydrogens is 344 g/mol. The van der Waals surface area contributed by atoms with Crippen LogP contribution in [0, 0.1) is 27.7 Å². The number of rotatable bonds is 2. The third kappa shape index (κ3) is 2.29. The van der Waals surface area contributed by atoms with E-state index in [1.165, 1.54) is 49.4 Å². The minimum absolute atomic E-state index is 1.36. The molecule has 4 rings (SSSR count). The Labute approximate surface area is 146 Å². The number of hydrogen-bond acceptors (Lipinski definition) is 4. The van der Waals surface area contributed by atoms with Crippen LogP contribution in [0.15, 0.2) is 12.1 Å². The summed E-state index contributed by atoms with van der Waals surface area (Å²) in [6.45, 7) is 8.89. The fourth-order valence-electron chi connectivity index (χ4n) is 2.59. The zero-order chi connectivity index (χ0) is 15.4. The molecule has 0 bridgehead atoms. The first-order valence-corrected chi connectivity index (χ1v) is 10.5. The molecule has 0 saturated carbocycles. The van der Waals surface area contributed by atoms with Crippen molar-refractivity contribution in [2.45, 2.75) is 27.7 Å². The summed E-state index contributed by atoms with van der Waals surface area (Å²) in [5.74, 6) is 0. The Morgan fingerprint density at radius 1 is 0.636 bits per heavy atom. The van der Waals surface area contributed by atoms with Crippen molar-refractivity contribution in [3.63, 3.8) is 0 Å². The fraction of sp³-hybridized carbons (Fsp3) is 0.222. The molecule has 0 atom stereocenters. The molecule has 4 aromatic rings. The molecule has 0 nitrogen and oxygen atoms in total. The van der Waals surface area contributed by atoms with Crippen molar-refractivity contribution in [1.82, 2.24) is 0 Å². The second-order valence-electron chi connectivity index (χ2n) is 5.58. The molecule has 22 heavy (non-hydrogen) atoms. The van der Waals surface area contributed by atoms with Crippen molar-refractivity contribution in [3.8, 4) is 0 Å². The van der Waals surface area contributed by atoms with E-state index in [9.17, 15) is 0 Å². The molecule has 112 valence electrons. The molecule has 0 N–H and O–H groups in total. The third-order valence-corrected chi connectivity index (χ3v) is 9.12. The van der Waals surface area contributed by atoms with Crippen LogP contribution < -0.4 is 0 Å². The van der Waals surface area contributed by atoms with Crippen LogP contribution in [0.1, 0.15) is 30.6 Å².